The SMILES string of the molecule is CNC(=O)c1c(-c2ccc(F)cc2)oc2cc(N(CC(=O)NC3(C(=O)NCc4cccc(C(O)/C=C(\O)C(=O)O)c4)CCCC3)S(C)(=O)=O)c(C3CC3)cc12. The van der Waals surface area contributed by atoms with E-state index in [0.717, 1.165) is 29.5 Å². The maximum Gasteiger partial charge on any atom is 0.370 e. The average molecular weight is 777 g/mol. The van der Waals surface area contributed by atoms with Crippen molar-refractivity contribution in [1.82, 2.24) is 16.0 Å². The number of nitrogens with zero attached hydrogens (tertiary/aromatic N) is 1. The van der Waals surface area contributed by atoms with Crippen LogP contribution in [0.2, 0.25) is 0 Å². The van der Waals surface area contributed by atoms with E-state index in [0.29, 0.717) is 47.8 Å². The summed E-state index contributed by atoms with van der Waals surface area (Å²) in [7, 11) is -2.63. The first-order chi connectivity index (χ1) is 26.1. The number of carboxylic acids is 1. The van der Waals surface area contributed by atoms with Crippen molar-refractivity contribution < 1.29 is 51.7 Å². The van der Waals surface area contributed by atoms with Crippen molar-refractivity contribution in [2.75, 3.05) is 24.2 Å². The van der Waals surface area contributed by atoms with Crippen LogP contribution < -0.4 is 20.3 Å². The van der Waals surface area contributed by atoms with E-state index >= 15 is 0 Å². The van der Waals surface area contributed by atoms with Crippen LogP contribution in [0, 0.1) is 5.82 Å². The topological polar surface area (TPSA) is 216 Å². The number of hydrogen-bond donors (Lipinski definition) is 6. The summed E-state index contributed by atoms with van der Waals surface area (Å²) >= 11 is 0. The molecule has 16 heteroatoms. The number of carboxylic acid groups (broad SMARTS) is 1. The van der Waals surface area contributed by atoms with Crippen LogP contribution >= 0.6 is 0 Å². The minimum Gasteiger partial charge on any atom is -0.502 e. The average Bonchev–Trinajstić information content (AvgIpc) is 3.77. The van der Waals surface area contributed by atoms with Gasteiger partial charge in [0.25, 0.3) is 5.91 Å². The van der Waals surface area contributed by atoms with E-state index in [1.54, 1.807) is 18.2 Å². The zero-order valence-corrected chi connectivity index (χ0v) is 30.9. The number of anilines is 1. The highest BCUT2D eigenvalue weighted by Gasteiger charge is 2.43. The molecule has 2 aliphatic carbocycles. The minimum atomic E-state index is -4.10. The lowest BCUT2D eigenvalue weighted by molar-refractivity contribution is -0.135. The van der Waals surface area contributed by atoms with Gasteiger partial charge in [0.15, 0.2) is 0 Å². The van der Waals surface area contributed by atoms with E-state index in [9.17, 15) is 42.2 Å². The van der Waals surface area contributed by atoms with E-state index < -0.39 is 63.5 Å². The molecule has 14 nitrogen and oxygen atoms in total. The summed E-state index contributed by atoms with van der Waals surface area (Å²) in [6, 6.07) is 15.0. The number of carbonyl (C=O) groups excluding carboxylic acids is 3. The molecule has 0 saturated heterocycles. The highest BCUT2D eigenvalue weighted by molar-refractivity contribution is 7.92. The molecule has 1 atom stereocenters. The van der Waals surface area contributed by atoms with Gasteiger partial charge in [-0.15, -0.1) is 0 Å². The molecule has 2 fully saturated rings. The predicted octanol–water partition coefficient (Wildman–Crippen LogP) is 4.55. The second-order valence-electron chi connectivity index (χ2n) is 13.9. The van der Waals surface area contributed by atoms with Crippen LogP contribution in [-0.4, -0.2) is 72.8 Å². The molecule has 3 aromatic carbocycles. The summed E-state index contributed by atoms with van der Waals surface area (Å²) in [4.78, 5) is 51.7. The second-order valence-corrected chi connectivity index (χ2v) is 15.8. The highest BCUT2D eigenvalue weighted by Crippen LogP contribution is 2.48. The van der Waals surface area contributed by atoms with Gasteiger partial charge in [-0.3, -0.25) is 18.7 Å². The number of aliphatic hydroxyl groups excluding tert-OH is 2. The third-order valence-electron chi connectivity index (χ3n) is 9.92. The fourth-order valence-electron chi connectivity index (χ4n) is 7.00. The third-order valence-corrected chi connectivity index (χ3v) is 11.0. The lowest BCUT2D eigenvalue weighted by atomic mass is 9.95. The van der Waals surface area contributed by atoms with Crippen molar-refractivity contribution in [2.45, 2.75) is 62.6 Å². The maximum absolute atomic E-state index is 13.8. The Morgan fingerprint density at radius 1 is 1.04 bits per heavy atom. The van der Waals surface area contributed by atoms with Crippen molar-refractivity contribution in [2.24, 2.45) is 0 Å². The normalized spacial score (nSPS) is 16.0. The van der Waals surface area contributed by atoms with Crippen LogP contribution in [0.4, 0.5) is 10.1 Å². The van der Waals surface area contributed by atoms with Gasteiger partial charge in [0.2, 0.25) is 27.6 Å². The van der Waals surface area contributed by atoms with Crippen LogP contribution in [-0.2, 0) is 31.0 Å². The summed E-state index contributed by atoms with van der Waals surface area (Å²) in [5.41, 5.74) is 1.13. The molecule has 4 aromatic rings. The zero-order chi connectivity index (χ0) is 39.7. The molecule has 1 heterocycles. The number of benzene rings is 3. The van der Waals surface area contributed by atoms with E-state index in [-0.39, 0.29) is 40.6 Å². The molecule has 6 rings (SSSR count). The number of halogens is 1. The number of furan rings is 1. The van der Waals surface area contributed by atoms with Gasteiger partial charge in [-0.1, -0.05) is 37.1 Å². The van der Waals surface area contributed by atoms with E-state index in [1.165, 1.54) is 49.5 Å². The summed E-state index contributed by atoms with van der Waals surface area (Å²) in [6.07, 6.45) is 3.73. The summed E-state index contributed by atoms with van der Waals surface area (Å²) in [5.74, 6) is -4.61. The van der Waals surface area contributed by atoms with Gasteiger partial charge in [0.05, 0.1) is 17.5 Å². The van der Waals surface area contributed by atoms with Crippen LogP contribution in [0.3, 0.4) is 0 Å². The van der Waals surface area contributed by atoms with Gasteiger partial charge in [0, 0.05) is 30.6 Å². The molecule has 290 valence electrons. The third kappa shape index (κ3) is 8.49. The quantitative estimate of drug-likeness (QED) is 0.0776. The second kappa shape index (κ2) is 15.5. The number of aliphatic hydroxyl groups is 2. The number of fused-ring (bicyclic) bond motifs is 1. The first-order valence-corrected chi connectivity index (χ1v) is 19.5. The first-order valence-electron chi connectivity index (χ1n) is 17.7. The fourth-order valence-corrected chi connectivity index (χ4v) is 7.87. The fraction of sp³-hybridized carbons (Fsp3) is 0.333. The van der Waals surface area contributed by atoms with Crippen LogP contribution in [0.5, 0.6) is 0 Å². The number of nitrogens with one attached hydrogen (secondary N) is 3. The number of aliphatic carboxylic acids is 1. The Morgan fingerprint density at radius 2 is 1.73 bits per heavy atom. The molecule has 3 amide bonds. The molecule has 0 spiro atoms. The Kier molecular flexibility index (Phi) is 11.0. The molecule has 6 N–H and O–H groups in total. The van der Waals surface area contributed by atoms with Crippen molar-refractivity contribution in [1.29, 1.82) is 0 Å². The van der Waals surface area contributed by atoms with Gasteiger partial charge in [-0.25, -0.2) is 17.6 Å². The number of amides is 3. The van der Waals surface area contributed by atoms with Crippen LogP contribution in [0.25, 0.3) is 22.3 Å². The van der Waals surface area contributed by atoms with E-state index in [4.69, 9.17) is 9.52 Å². The zero-order valence-electron chi connectivity index (χ0n) is 30.1. The van der Waals surface area contributed by atoms with Crippen molar-refractivity contribution >= 4 is 50.4 Å². The predicted molar refractivity (Wildman–Crippen MR) is 200 cm³/mol. The highest BCUT2D eigenvalue weighted by atomic mass is 32.2. The monoisotopic (exact) mass is 776 g/mol. The molecule has 55 heavy (non-hydrogen) atoms. The Morgan fingerprint density at radius 3 is 2.35 bits per heavy atom. The van der Waals surface area contributed by atoms with Crippen molar-refractivity contribution in [3.05, 3.63) is 101 Å². The van der Waals surface area contributed by atoms with Gasteiger partial charge in [-0.05, 0) is 84.7 Å². The molecular weight excluding hydrogens is 736 g/mol. The molecule has 0 bridgehead atoms. The molecular formula is C39H41FN4O10S. The summed E-state index contributed by atoms with van der Waals surface area (Å²) in [5, 5.41) is 37.5. The number of carbonyl (C=O) groups is 4. The van der Waals surface area contributed by atoms with E-state index in [1.807, 2.05) is 0 Å². The Balaban J connectivity index is 1.26. The van der Waals surface area contributed by atoms with Gasteiger partial charge in [0.1, 0.15) is 35.3 Å². The molecule has 1 unspecified atom stereocenters. The largest absolute Gasteiger partial charge is 0.502 e. The number of hydrogen-bond acceptors (Lipinski definition) is 9. The first kappa shape index (κ1) is 39.0. The number of sulfonamides is 1. The summed E-state index contributed by atoms with van der Waals surface area (Å²) < 4.78 is 47.8. The molecule has 1 aromatic heterocycles. The van der Waals surface area contributed by atoms with Crippen molar-refractivity contribution in [3.8, 4) is 11.3 Å². The van der Waals surface area contributed by atoms with Crippen LogP contribution in [0.1, 0.15) is 77.6 Å². The van der Waals surface area contributed by atoms with E-state index in [2.05, 4.69) is 16.0 Å². The standard InChI is InChI=1S/C39H41FN4O10S/c1-41-36(48)34-28-17-27(23-8-9-23)29(18-32(28)54-35(34)24-10-12-26(40)13-11-24)44(55(2,52)53)21-33(47)43-39(14-3-4-15-39)38(51)42-20-22-6-5-7-25(16-22)30(45)19-31(46)37(49)50/h5-7,10-13,16-19,23,30,45-46H,3-4,8-9,14-15,20-21H2,1-2H3,(H,41,48)(H,42,51)(H,43,47)(H,49,50)/b31-19-. The Bertz CT molecular complexity index is 2290. The maximum atomic E-state index is 13.8. The molecule has 2 aliphatic rings. The molecule has 0 aliphatic heterocycles. The van der Waals surface area contributed by atoms with Gasteiger partial charge >= 0.3 is 5.97 Å². The lowest BCUT2D eigenvalue weighted by Gasteiger charge is -2.31. The van der Waals surface area contributed by atoms with Gasteiger partial charge in [-0.2, -0.15) is 0 Å². The molecule has 2 saturated carbocycles. The Hall–Kier alpha value is -5.74. The minimum absolute atomic E-state index is 0.00698. The smallest absolute Gasteiger partial charge is 0.370 e. The van der Waals surface area contributed by atoms with Crippen molar-refractivity contribution in [3.63, 3.8) is 0 Å². The molecule has 0 radical (unpaired) electrons. The lowest BCUT2D eigenvalue weighted by Crippen LogP contribution is -2.58. The Labute approximate surface area is 316 Å². The van der Waals surface area contributed by atoms with Crippen LogP contribution in [0.15, 0.2) is 76.9 Å². The summed E-state index contributed by atoms with van der Waals surface area (Å²) in [6.45, 7) is -0.656. The number of rotatable bonds is 14. The van der Waals surface area contributed by atoms with Gasteiger partial charge < -0.3 is 35.7 Å².